The van der Waals surface area contributed by atoms with Crippen molar-refractivity contribution in [3.63, 3.8) is 0 Å². The van der Waals surface area contributed by atoms with E-state index >= 15 is 0 Å². The highest BCUT2D eigenvalue weighted by Crippen LogP contribution is 2.42. The first kappa shape index (κ1) is 10.4. The molecule has 1 aromatic heterocycles. The average Bonchev–Trinajstić information content (AvgIpc) is 2.43. The molecule has 0 saturated heterocycles. The summed E-state index contributed by atoms with van der Waals surface area (Å²) in [6.07, 6.45) is -2.58. The fraction of sp³-hybridized carbons (Fsp3) is 0.667. The van der Waals surface area contributed by atoms with Crippen LogP contribution in [0, 0.1) is 0 Å². The molecule has 2 rings (SSSR count). The summed E-state index contributed by atoms with van der Waals surface area (Å²) >= 11 is 0. The molecule has 0 atom stereocenters. The maximum absolute atomic E-state index is 13.4. The van der Waals surface area contributed by atoms with Crippen molar-refractivity contribution in [3.8, 4) is 0 Å². The Morgan fingerprint density at radius 3 is 2.67 bits per heavy atom. The van der Waals surface area contributed by atoms with Crippen LogP contribution in [0.15, 0.2) is 0 Å². The van der Waals surface area contributed by atoms with E-state index in [9.17, 15) is 17.6 Å². The minimum Gasteiger partial charge on any atom is -0.266 e. The van der Waals surface area contributed by atoms with Crippen LogP contribution in [-0.2, 0) is 19.4 Å². The Morgan fingerprint density at radius 2 is 2.07 bits per heavy atom. The molecule has 0 fully saturated rings. The molecule has 0 N–H and O–H groups in total. The maximum atomic E-state index is 13.4. The largest absolute Gasteiger partial charge is 0.289 e. The van der Waals surface area contributed by atoms with Gasteiger partial charge in [0, 0.05) is 19.0 Å². The molecule has 0 radical (unpaired) electrons. The van der Waals surface area contributed by atoms with Gasteiger partial charge in [0.1, 0.15) is 11.4 Å². The Hall–Kier alpha value is -1.07. The van der Waals surface area contributed by atoms with Crippen LogP contribution in [0.4, 0.5) is 17.6 Å². The number of aryl methyl sites for hydroxylation is 1. The monoisotopic (exact) mass is 222 g/mol. The van der Waals surface area contributed by atoms with Gasteiger partial charge in [0.25, 0.3) is 12.3 Å². The predicted molar refractivity (Wildman–Crippen MR) is 45.0 cm³/mol. The second kappa shape index (κ2) is 3.21. The maximum Gasteiger partial charge on any atom is 0.289 e. The minimum atomic E-state index is -3.03. The summed E-state index contributed by atoms with van der Waals surface area (Å²) in [6.45, 7) is 0. The van der Waals surface area contributed by atoms with Crippen molar-refractivity contribution in [3.05, 3.63) is 17.0 Å². The van der Waals surface area contributed by atoms with Crippen LogP contribution >= 0.6 is 0 Å². The van der Waals surface area contributed by atoms with E-state index in [1.165, 1.54) is 7.05 Å². The molecule has 0 saturated carbocycles. The molecule has 6 heteroatoms. The van der Waals surface area contributed by atoms with Crippen LogP contribution in [0.3, 0.4) is 0 Å². The lowest BCUT2D eigenvalue weighted by molar-refractivity contribution is -0.0296. The van der Waals surface area contributed by atoms with Crippen LogP contribution in [-0.4, -0.2) is 9.78 Å². The highest BCUT2D eigenvalue weighted by molar-refractivity contribution is 5.32. The first-order valence-electron chi connectivity index (χ1n) is 4.65. The smallest absolute Gasteiger partial charge is 0.266 e. The summed E-state index contributed by atoms with van der Waals surface area (Å²) < 4.78 is 52.7. The van der Waals surface area contributed by atoms with Gasteiger partial charge >= 0.3 is 0 Å². The van der Waals surface area contributed by atoms with Crippen LogP contribution in [0.5, 0.6) is 0 Å². The molecule has 0 aromatic carbocycles. The number of fused-ring (bicyclic) bond motifs is 1. The second-order valence-corrected chi connectivity index (χ2v) is 3.69. The van der Waals surface area contributed by atoms with Gasteiger partial charge in [-0.15, -0.1) is 0 Å². The SMILES string of the molecule is Cn1nc(C(F)F)c2c1C(F)(F)CCC2. The van der Waals surface area contributed by atoms with Crippen molar-refractivity contribution >= 4 is 0 Å². The number of rotatable bonds is 1. The molecule has 1 aliphatic rings. The van der Waals surface area contributed by atoms with Crippen molar-refractivity contribution in [2.45, 2.75) is 31.6 Å². The average molecular weight is 222 g/mol. The number of hydrogen-bond donors (Lipinski definition) is 0. The van der Waals surface area contributed by atoms with E-state index in [4.69, 9.17) is 0 Å². The molecule has 1 heterocycles. The van der Waals surface area contributed by atoms with Gasteiger partial charge in [0.05, 0.1) is 0 Å². The van der Waals surface area contributed by atoms with E-state index in [-0.39, 0.29) is 30.5 Å². The normalized spacial score (nSPS) is 19.3. The molecular formula is C9H10F4N2. The third kappa shape index (κ3) is 1.52. The van der Waals surface area contributed by atoms with Crippen molar-refractivity contribution in [2.24, 2.45) is 7.05 Å². The third-order valence-electron chi connectivity index (χ3n) is 2.65. The van der Waals surface area contributed by atoms with Crippen molar-refractivity contribution in [1.82, 2.24) is 9.78 Å². The predicted octanol–water partition coefficient (Wildman–Crippen LogP) is 2.79. The molecule has 0 aliphatic heterocycles. The minimum absolute atomic E-state index is 0.0313. The van der Waals surface area contributed by atoms with Crippen molar-refractivity contribution in [1.29, 1.82) is 0 Å². The standard InChI is InChI=1S/C9H10F4N2/c1-15-7-5(6(14-15)8(10)11)3-2-4-9(7,12)13/h8H,2-4H2,1H3. The zero-order valence-electron chi connectivity index (χ0n) is 8.10. The Balaban J connectivity index is 2.59. The van der Waals surface area contributed by atoms with Crippen molar-refractivity contribution in [2.75, 3.05) is 0 Å². The lowest BCUT2D eigenvalue weighted by Gasteiger charge is -2.23. The van der Waals surface area contributed by atoms with Crippen LogP contribution < -0.4 is 0 Å². The number of halogens is 4. The number of hydrogen-bond acceptors (Lipinski definition) is 1. The highest BCUT2D eigenvalue weighted by Gasteiger charge is 2.42. The molecule has 0 unspecified atom stereocenters. The molecule has 0 bridgehead atoms. The topological polar surface area (TPSA) is 17.8 Å². The van der Waals surface area contributed by atoms with Gasteiger partial charge in [-0.3, -0.25) is 4.68 Å². The molecule has 1 aliphatic carbocycles. The molecule has 2 nitrogen and oxygen atoms in total. The Bertz CT molecular complexity index is 384. The van der Waals surface area contributed by atoms with E-state index in [1.54, 1.807) is 0 Å². The first-order valence-corrected chi connectivity index (χ1v) is 4.65. The van der Waals surface area contributed by atoms with Gasteiger partial charge < -0.3 is 0 Å². The Morgan fingerprint density at radius 1 is 1.40 bits per heavy atom. The van der Waals surface area contributed by atoms with Gasteiger partial charge in [-0.25, -0.2) is 8.78 Å². The van der Waals surface area contributed by atoms with E-state index < -0.39 is 18.0 Å². The summed E-state index contributed by atoms with van der Waals surface area (Å²) in [5, 5.41) is 3.47. The third-order valence-corrected chi connectivity index (χ3v) is 2.65. The van der Waals surface area contributed by atoms with Crippen LogP contribution in [0.2, 0.25) is 0 Å². The van der Waals surface area contributed by atoms with Gasteiger partial charge in [-0.2, -0.15) is 13.9 Å². The Kier molecular flexibility index (Phi) is 2.24. The highest BCUT2D eigenvalue weighted by atomic mass is 19.3. The van der Waals surface area contributed by atoms with E-state index in [0.29, 0.717) is 0 Å². The summed E-state index contributed by atoms with van der Waals surface area (Å²) in [5.41, 5.74) is -0.806. The van der Waals surface area contributed by atoms with Gasteiger partial charge in [-0.1, -0.05) is 0 Å². The lowest BCUT2D eigenvalue weighted by Crippen LogP contribution is -2.23. The molecule has 1 aromatic rings. The number of alkyl halides is 4. The molecule has 84 valence electrons. The summed E-state index contributed by atoms with van der Waals surface area (Å²) in [5.74, 6) is -3.03. The van der Waals surface area contributed by atoms with Gasteiger partial charge in [-0.05, 0) is 12.8 Å². The van der Waals surface area contributed by atoms with Gasteiger partial charge in [0.2, 0.25) is 0 Å². The van der Waals surface area contributed by atoms with Crippen molar-refractivity contribution < 1.29 is 17.6 Å². The Labute approximate surface area is 83.9 Å². The number of nitrogens with zero attached hydrogens (tertiary/aromatic N) is 2. The quantitative estimate of drug-likeness (QED) is 0.668. The molecule has 0 amide bonds. The van der Waals surface area contributed by atoms with Crippen LogP contribution in [0.25, 0.3) is 0 Å². The van der Waals surface area contributed by atoms with Gasteiger partial charge in [0.15, 0.2) is 0 Å². The van der Waals surface area contributed by atoms with Crippen LogP contribution in [0.1, 0.15) is 36.2 Å². The second-order valence-electron chi connectivity index (χ2n) is 3.69. The van der Waals surface area contributed by atoms with E-state index in [2.05, 4.69) is 5.10 Å². The molecule has 15 heavy (non-hydrogen) atoms. The lowest BCUT2D eigenvalue weighted by atomic mass is 9.92. The van der Waals surface area contributed by atoms with E-state index in [0.717, 1.165) is 4.68 Å². The molecular weight excluding hydrogens is 212 g/mol. The zero-order chi connectivity index (χ0) is 11.2. The zero-order valence-corrected chi connectivity index (χ0v) is 8.10. The summed E-state index contributed by atoms with van der Waals surface area (Å²) in [7, 11) is 1.28. The molecule has 0 spiro atoms. The fourth-order valence-corrected chi connectivity index (χ4v) is 2.07. The summed E-state index contributed by atoms with van der Waals surface area (Å²) in [4.78, 5) is 0. The van der Waals surface area contributed by atoms with E-state index in [1.807, 2.05) is 0 Å². The first-order chi connectivity index (χ1) is 6.93. The summed E-state index contributed by atoms with van der Waals surface area (Å²) in [6, 6.07) is 0. The fourth-order valence-electron chi connectivity index (χ4n) is 2.07. The number of aromatic nitrogens is 2.